The normalized spacial score (nSPS) is 18.4. The summed E-state index contributed by atoms with van der Waals surface area (Å²) < 4.78 is 42.6. The van der Waals surface area contributed by atoms with Gasteiger partial charge in [-0.3, -0.25) is 4.79 Å². The zero-order valence-corrected chi connectivity index (χ0v) is 13.8. The Labute approximate surface area is 144 Å². The molecule has 5 nitrogen and oxygen atoms in total. The number of alkyl halides is 3. The number of carbonyl (C=O) groups excluding carboxylic acids is 1. The minimum Gasteiger partial charge on any atom is -0.491 e. The average molecular weight is 360 g/mol. The van der Waals surface area contributed by atoms with Crippen LogP contribution < -0.4 is 15.8 Å². The van der Waals surface area contributed by atoms with Gasteiger partial charge in [-0.05, 0) is 37.1 Å². The summed E-state index contributed by atoms with van der Waals surface area (Å²) in [5, 5.41) is 12.5. The number of halogens is 3. The standard InChI is InChI=1S/C17H23F3N2O3/c18-17(19,20)12-4-6-14(7-5-12)25-11-13(23)10-22-15(24)16(21)8-2-1-3-9-16/h4-7,13,23H,1-3,8-11,21H2,(H,22,24). The van der Waals surface area contributed by atoms with Gasteiger partial charge >= 0.3 is 6.18 Å². The van der Waals surface area contributed by atoms with Crippen LogP contribution in [0.25, 0.3) is 0 Å². The molecule has 0 radical (unpaired) electrons. The second-order valence-corrected chi connectivity index (χ2v) is 6.41. The second-order valence-electron chi connectivity index (χ2n) is 6.41. The monoisotopic (exact) mass is 360 g/mol. The first-order valence-electron chi connectivity index (χ1n) is 8.26. The number of aliphatic hydroxyl groups is 1. The highest BCUT2D eigenvalue weighted by Gasteiger charge is 2.35. The molecule has 0 aliphatic heterocycles. The smallest absolute Gasteiger partial charge is 0.416 e. The van der Waals surface area contributed by atoms with Crippen molar-refractivity contribution in [3.05, 3.63) is 29.8 Å². The number of ether oxygens (including phenoxy) is 1. The third-order valence-electron chi connectivity index (χ3n) is 4.32. The third-order valence-corrected chi connectivity index (χ3v) is 4.32. The third kappa shape index (κ3) is 5.61. The molecule has 1 aliphatic rings. The predicted octanol–water partition coefficient (Wildman–Crippen LogP) is 2.22. The van der Waals surface area contributed by atoms with Crippen molar-refractivity contribution in [3.8, 4) is 5.75 Å². The van der Waals surface area contributed by atoms with E-state index in [1.165, 1.54) is 12.1 Å². The molecule has 0 bridgehead atoms. The lowest BCUT2D eigenvalue weighted by atomic mass is 9.82. The predicted molar refractivity (Wildman–Crippen MR) is 86.0 cm³/mol. The van der Waals surface area contributed by atoms with Crippen LogP contribution in [0.3, 0.4) is 0 Å². The van der Waals surface area contributed by atoms with Crippen LogP contribution in [0.1, 0.15) is 37.7 Å². The van der Waals surface area contributed by atoms with E-state index in [9.17, 15) is 23.1 Å². The zero-order valence-electron chi connectivity index (χ0n) is 13.8. The maximum atomic E-state index is 12.5. The number of rotatable bonds is 6. The Morgan fingerprint density at radius 1 is 1.24 bits per heavy atom. The number of aliphatic hydroxyl groups excluding tert-OH is 1. The molecule has 1 saturated carbocycles. The Morgan fingerprint density at radius 3 is 2.40 bits per heavy atom. The highest BCUT2D eigenvalue weighted by molar-refractivity contribution is 5.86. The van der Waals surface area contributed by atoms with E-state index in [0.29, 0.717) is 12.8 Å². The molecule has 2 rings (SSSR count). The molecule has 1 unspecified atom stereocenters. The minimum atomic E-state index is -4.40. The van der Waals surface area contributed by atoms with Crippen LogP contribution in [-0.4, -0.2) is 35.8 Å². The summed E-state index contributed by atoms with van der Waals surface area (Å²) in [7, 11) is 0. The Balaban J connectivity index is 1.75. The van der Waals surface area contributed by atoms with Crippen molar-refractivity contribution in [1.82, 2.24) is 5.32 Å². The topological polar surface area (TPSA) is 84.6 Å². The number of carbonyl (C=O) groups is 1. The SMILES string of the molecule is NC1(C(=O)NCC(O)COc2ccc(C(F)(F)F)cc2)CCCCC1. The largest absolute Gasteiger partial charge is 0.491 e. The number of benzene rings is 1. The summed E-state index contributed by atoms with van der Waals surface area (Å²) in [4.78, 5) is 12.1. The van der Waals surface area contributed by atoms with E-state index in [0.717, 1.165) is 31.4 Å². The molecule has 25 heavy (non-hydrogen) atoms. The van der Waals surface area contributed by atoms with Gasteiger partial charge in [-0.2, -0.15) is 13.2 Å². The van der Waals surface area contributed by atoms with E-state index in [1.807, 2.05) is 0 Å². The highest BCUT2D eigenvalue weighted by Crippen LogP contribution is 2.30. The van der Waals surface area contributed by atoms with Crippen LogP contribution in [0.4, 0.5) is 13.2 Å². The summed E-state index contributed by atoms with van der Waals surface area (Å²) in [5.41, 5.74) is 4.43. The van der Waals surface area contributed by atoms with Gasteiger partial charge in [0.2, 0.25) is 5.91 Å². The van der Waals surface area contributed by atoms with E-state index in [2.05, 4.69) is 5.32 Å². The van der Waals surface area contributed by atoms with Gasteiger partial charge in [-0.15, -0.1) is 0 Å². The van der Waals surface area contributed by atoms with E-state index in [-0.39, 0.29) is 24.8 Å². The molecule has 1 aromatic carbocycles. The van der Waals surface area contributed by atoms with Crippen LogP contribution in [0.5, 0.6) is 5.75 Å². The Bertz CT molecular complexity index is 569. The van der Waals surface area contributed by atoms with Crippen LogP contribution in [0, 0.1) is 0 Å². The quantitative estimate of drug-likeness (QED) is 0.726. The van der Waals surface area contributed by atoms with Crippen molar-refractivity contribution in [2.75, 3.05) is 13.2 Å². The van der Waals surface area contributed by atoms with Gasteiger partial charge in [-0.25, -0.2) is 0 Å². The fourth-order valence-corrected chi connectivity index (χ4v) is 2.79. The molecule has 1 aliphatic carbocycles. The van der Waals surface area contributed by atoms with Crippen molar-refractivity contribution in [2.45, 2.75) is 49.9 Å². The van der Waals surface area contributed by atoms with Gasteiger partial charge in [-0.1, -0.05) is 19.3 Å². The van der Waals surface area contributed by atoms with Gasteiger partial charge in [0.05, 0.1) is 11.1 Å². The molecule has 8 heteroatoms. The van der Waals surface area contributed by atoms with E-state index < -0.39 is 23.4 Å². The summed E-state index contributed by atoms with van der Waals surface area (Å²) in [6.07, 6.45) is -1.27. The van der Waals surface area contributed by atoms with E-state index in [1.54, 1.807) is 0 Å². The van der Waals surface area contributed by atoms with Gasteiger partial charge in [0.15, 0.2) is 0 Å². The number of hydrogen-bond acceptors (Lipinski definition) is 4. The van der Waals surface area contributed by atoms with Crippen molar-refractivity contribution >= 4 is 5.91 Å². The number of nitrogens with two attached hydrogens (primary N) is 1. The van der Waals surface area contributed by atoms with E-state index in [4.69, 9.17) is 10.5 Å². The summed E-state index contributed by atoms with van der Waals surface area (Å²) in [6.45, 7) is -0.179. The molecule has 0 spiro atoms. The molecule has 1 atom stereocenters. The maximum absolute atomic E-state index is 12.5. The van der Waals surface area contributed by atoms with Crippen LogP contribution in [0.2, 0.25) is 0 Å². The number of hydrogen-bond donors (Lipinski definition) is 3. The molecule has 0 saturated heterocycles. The lowest BCUT2D eigenvalue weighted by molar-refractivity contribution is -0.137. The van der Waals surface area contributed by atoms with Crippen molar-refractivity contribution in [2.24, 2.45) is 5.73 Å². The van der Waals surface area contributed by atoms with Gasteiger partial charge in [0.1, 0.15) is 18.5 Å². The maximum Gasteiger partial charge on any atom is 0.416 e. The molecular formula is C17H23F3N2O3. The highest BCUT2D eigenvalue weighted by atomic mass is 19.4. The van der Waals surface area contributed by atoms with Crippen molar-refractivity contribution in [1.29, 1.82) is 0 Å². The van der Waals surface area contributed by atoms with Crippen LogP contribution in [0.15, 0.2) is 24.3 Å². The first kappa shape index (κ1) is 19.5. The zero-order chi connectivity index (χ0) is 18.5. The molecule has 0 aromatic heterocycles. The molecule has 140 valence electrons. The Morgan fingerprint density at radius 2 is 1.84 bits per heavy atom. The average Bonchev–Trinajstić information content (AvgIpc) is 2.58. The Hall–Kier alpha value is -1.80. The van der Waals surface area contributed by atoms with Crippen LogP contribution in [-0.2, 0) is 11.0 Å². The summed E-state index contributed by atoms with van der Waals surface area (Å²) >= 11 is 0. The first-order valence-corrected chi connectivity index (χ1v) is 8.26. The van der Waals surface area contributed by atoms with Crippen molar-refractivity contribution in [3.63, 3.8) is 0 Å². The lowest BCUT2D eigenvalue weighted by Gasteiger charge is -2.32. The summed E-state index contributed by atoms with van der Waals surface area (Å²) in [6, 6.07) is 4.19. The van der Waals surface area contributed by atoms with Crippen LogP contribution >= 0.6 is 0 Å². The van der Waals surface area contributed by atoms with Crippen molar-refractivity contribution < 1.29 is 27.8 Å². The molecule has 1 aromatic rings. The van der Waals surface area contributed by atoms with E-state index >= 15 is 0 Å². The Kier molecular flexibility index (Phi) is 6.29. The fourth-order valence-electron chi connectivity index (χ4n) is 2.79. The molecular weight excluding hydrogens is 337 g/mol. The minimum absolute atomic E-state index is 0.0293. The molecule has 1 fully saturated rings. The lowest BCUT2D eigenvalue weighted by Crippen LogP contribution is -2.56. The first-order chi connectivity index (χ1) is 11.7. The number of nitrogens with one attached hydrogen (secondary N) is 1. The fraction of sp³-hybridized carbons (Fsp3) is 0.588. The van der Waals surface area contributed by atoms with Gasteiger partial charge in [0, 0.05) is 6.54 Å². The molecule has 0 heterocycles. The summed E-state index contributed by atoms with van der Waals surface area (Å²) in [5.74, 6) is -0.0817. The van der Waals surface area contributed by atoms with Gasteiger partial charge in [0.25, 0.3) is 0 Å². The molecule has 1 amide bonds. The van der Waals surface area contributed by atoms with Gasteiger partial charge < -0.3 is 20.9 Å². The number of amides is 1. The molecule has 4 N–H and O–H groups in total. The second kappa shape index (κ2) is 8.05.